The van der Waals surface area contributed by atoms with Gasteiger partial charge in [-0.25, -0.2) is 4.79 Å². The molecule has 0 unspecified atom stereocenters. The van der Waals surface area contributed by atoms with Crippen LogP contribution in [0.25, 0.3) is 0 Å². The van der Waals surface area contributed by atoms with E-state index in [0.29, 0.717) is 6.07 Å². The van der Waals surface area contributed by atoms with Gasteiger partial charge in [-0.2, -0.15) is 13.2 Å². The molecule has 6 heteroatoms. The van der Waals surface area contributed by atoms with E-state index in [4.69, 9.17) is 13.0 Å². The lowest BCUT2D eigenvalue weighted by Crippen LogP contribution is -2.17. The van der Waals surface area contributed by atoms with Gasteiger partial charge in [0.2, 0.25) is 0 Å². The van der Waals surface area contributed by atoms with Gasteiger partial charge in [-0.15, -0.1) is 0 Å². The number of rotatable bonds is 1. The van der Waals surface area contributed by atoms with Crippen molar-refractivity contribution in [1.29, 1.82) is 0 Å². The standard InChI is InChI=1S/C8H4BF3O2/c9-4-1-2-5(7(13)14)6(3-4)8(10,11)12/h1-3H,(H,13,14). The third-order valence-electron chi connectivity index (χ3n) is 1.58. The minimum absolute atomic E-state index is 0.123. The minimum Gasteiger partial charge on any atom is -0.478 e. The van der Waals surface area contributed by atoms with Crippen molar-refractivity contribution in [3.63, 3.8) is 0 Å². The van der Waals surface area contributed by atoms with E-state index in [9.17, 15) is 18.0 Å². The van der Waals surface area contributed by atoms with Gasteiger partial charge in [0.15, 0.2) is 0 Å². The van der Waals surface area contributed by atoms with E-state index in [-0.39, 0.29) is 5.46 Å². The molecule has 14 heavy (non-hydrogen) atoms. The second kappa shape index (κ2) is 3.36. The topological polar surface area (TPSA) is 37.3 Å². The maximum absolute atomic E-state index is 12.3. The van der Waals surface area contributed by atoms with Crippen LogP contribution in [0.5, 0.6) is 0 Å². The quantitative estimate of drug-likeness (QED) is 0.691. The first-order chi connectivity index (χ1) is 6.32. The molecule has 1 aromatic rings. The Morgan fingerprint density at radius 1 is 1.36 bits per heavy atom. The lowest BCUT2D eigenvalue weighted by Gasteiger charge is -2.10. The molecule has 0 bridgehead atoms. The summed E-state index contributed by atoms with van der Waals surface area (Å²) in [5.74, 6) is -1.63. The van der Waals surface area contributed by atoms with Crippen LogP contribution in [0.4, 0.5) is 13.2 Å². The van der Waals surface area contributed by atoms with E-state index >= 15 is 0 Å². The van der Waals surface area contributed by atoms with Crippen LogP contribution in [-0.4, -0.2) is 18.9 Å². The van der Waals surface area contributed by atoms with E-state index in [1.807, 2.05) is 0 Å². The summed E-state index contributed by atoms with van der Waals surface area (Å²) in [5.41, 5.74) is -2.15. The second-order valence-corrected chi connectivity index (χ2v) is 2.61. The molecule has 0 spiro atoms. The molecule has 0 aliphatic heterocycles. The zero-order valence-electron chi connectivity index (χ0n) is 6.80. The molecule has 1 N–H and O–H groups in total. The van der Waals surface area contributed by atoms with E-state index in [1.165, 1.54) is 0 Å². The van der Waals surface area contributed by atoms with Crippen molar-refractivity contribution < 1.29 is 23.1 Å². The summed E-state index contributed by atoms with van der Waals surface area (Å²) in [6.45, 7) is 0. The summed E-state index contributed by atoms with van der Waals surface area (Å²) in [5, 5.41) is 8.48. The van der Waals surface area contributed by atoms with Crippen LogP contribution in [0.15, 0.2) is 18.2 Å². The van der Waals surface area contributed by atoms with Crippen molar-refractivity contribution in [1.82, 2.24) is 0 Å². The van der Waals surface area contributed by atoms with Crippen LogP contribution in [0.3, 0.4) is 0 Å². The number of aromatic carboxylic acids is 1. The smallest absolute Gasteiger partial charge is 0.417 e. The Hall–Kier alpha value is -1.46. The normalized spacial score (nSPS) is 11.4. The fourth-order valence-electron chi connectivity index (χ4n) is 0.983. The molecular formula is C8H4BF3O2. The monoisotopic (exact) mass is 200 g/mol. The summed E-state index contributed by atoms with van der Waals surface area (Å²) in [4.78, 5) is 10.4. The Kier molecular flexibility index (Phi) is 2.55. The third kappa shape index (κ3) is 2.07. The molecule has 1 aromatic carbocycles. The van der Waals surface area contributed by atoms with Crippen LogP contribution in [-0.2, 0) is 6.18 Å². The second-order valence-electron chi connectivity index (χ2n) is 2.61. The molecule has 0 saturated heterocycles. The van der Waals surface area contributed by atoms with Gasteiger partial charge in [-0.3, -0.25) is 0 Å². The minimum atomic E-state index is -4.71. The first-order valence-corrected chi connectivity index (χ1v) is 3.52. The fraction of sp³-hybridized carbons (Fsp3) is 0.125. The highest BCUT2D eigenvalue weighted by atomic mass is 19.4. The lowest BCUT2D eigenvalue weighted by molar-refractivity contribution is -0.138. The van der Waals surface area contributed by atoms with Gasteiger partial charge >= 0.3 is 12.1 Å². The number of benzene rings is 1. The molecule has 0 atom stereocenters. The van der Waals surface area contributed by atoms with E-state index in [2.05, 4.69) is 0 Å². The Bertz CT molecular complexity index is 373. The molecule has 1 rings (SSSR count). The Morgan fingerprint density at radius 2 is 1.93 bits per heavy atom. The Labute approximate surface area is 78.8 Å². The molecule has 0 fully saturated rings. The fourth-order valence-corrected chi connectivity index (χ4v) is 0.983. The molecule has 0 amide bonds. The van der Waals surface area contributed by atoms with Crippen molar-refractivity contribution >= 4 is 19.3 Å². The summed E-state index contributed by atoms with van der Waals surface area (Å²) >= 11 is 0. The van der Waals surface area contributed by atoms with Gasteiger partial charge in [0.05, 0.1) is 11.1 Å². The van der Waals surface area contributed by atoms with Crippen LogP contribution in [0, 0.1) is 0 Å². The Morgan fingerprint density at radius 3 is 2.36 bits per heavy atom. The molecular weight excluding hydrogens is 196 g/mol. The average Bonchev–Trinajstić information content (AvgIpc) is 2.01. The highest BCUT2D eigenvalue weighted by molar-refractivity contribution is 6.32. The molecule has 2 radical (unpaired) electrons. The van der Waals surface area contributed by atoms with E-state index < -0.39 is 23.3 Å². The number of hydrogen-bond donors (Lipinski definition) is 1. The van der Waals surface area contributed by atoms with Crippen molar-refractivity contribution in [3.8, 4) is 0 Å². The molecule has 0 aliphatic rings. The number of carboxylic acids is 1. The molecule has 72 valence electrons. The van der Waals surface area contributed by atoms with Gasteiger partial charge in [0.25, 0.3) is 0 Å². The summed E-state index contributed by atoms with van der Waals surface area (Å²) < 4.78 is 36.8. The molecule has 0 aliphatic carbocycles. The number of carboxylic acid groups (broad SMARTS) is 1. The first-order valence-electron chi connectivity index (χ1n) is 3.52. The van der Waals surface area contributed by atoms with Crippen molar-refractivity contribution in [3.05, 3.63) is 29.3 Å². The third-order valence-corrected chi connectivity index (χ3v) is 1.58. The number of alkyl halides is 3. The highest BCUT2D eigenvalue weighted by Gasteiger charge is 2.35. The van der Waals surface area contributed by atoms with Crippen LogP contribution in [0.2, 0.25) is 0 Å². The van der Waals surface area contributed by atoms with E-state index in [0.717, 1.165) is 12.1 Å². The molecule has 0 aromatic heterocycles. The number of carbonyl (C=O) groups is 1. The van der Waals surface area contributed by atoms with Crippen LogP contribution < -0.4 is 5.46 Å². The van der Waals surface area contributed by atoms with Gasteiger partial charge in [-0.05, 0) is 6.07 Å². The SMILES string of the molecule is [B]c1ccc(C(=O)O)c(C(F)(F)F)c1. The average molecular weight is 200 g/mol. The number of hydrogen-bond acceptors (Lipinski definition) is 1. The van der Waals surface area contributed by atoms with Gasteiger partial charge in [0, 0.05) is 0 Å². The van der Waals surface area contributed by atoms with Gasteiger partial charge in [0.1, 0.15) is 7.85 Å². The van der Waals surface area contributed by atoms with Gasteiger partial charge < -0.3 is 5.11 Å². The number of halogens is 3. The maximum atomic E-state index is 12.3. The van der Waals surface area contributed by atoms with E-state index in [1.54, 1.807) is 0 Å². The zero-order chi connectivity index (χ0) is 10.9. The van der Waals surface area contributed by atoms with Crippen molar-refractivity contribution in [2.24, 2.45) is 0 Å². The first kappa shape index (κ1) is 10.6. The molecule has 2 nitrogen and oxygen atoms in total. The lowest BCUT2D eigenvalue weighted by atomic mass is 9.92. The van der Waals surface area contributed by atoms with Gasteiger partial charge in [-0.1, -0.05) is 17.6 Å². The molecule has 0 heterocycles. The van der Waals surface area contributed by atoms with Crippen LogP contribution >= 0.6 is 0 Å². The summed E-state index contributed by atoms with van der Waals surface area (Å²) in [7, 11) is 5.13. The zero-order valence-corrected chi connectivity index (χ0v) is 6.80. The van der Waals surface area contributed by atoms with Crippen molar-refractivity contribution in [2.75, 3.05) is 0 Å². The summed E-state index contributed by atoms with van der Waals surface area (Å²) in [6, 6.07) is 2.54. The maximum Gasteiger partial charge on any atom is 0.417 e. The van der Waals surface area contributed by atoms with Crippen LogP contribution in [0.1, 0.15) is 15.9 Å². The van der Waals surface area contributed by atoms with Crippen molar-refractivity contribution in [2.45, 2.75) is 6.18 Å². The summed E-state index contributed by atoms with van der Waals surface area (Å²) in [6.07, 6.45) is -4.71. The molecule has 0 saturated carbocycles. The highest BCUT2D eigenvalue weighted by Crippen LogP contribution is 2.31. The largest absolute Gasteiger partial charge is 0.478 e. The Balaban J connectivity index is 3.38. The predicted octanol–water partition coefficient (Wildman–Crippen LogP) is 1.20. The predicted molar refractivity (Wildman–Crippen MR) is 43.8 cm³/mol.